The molecule has 0 aliphatic heterocycles. The standard InChI is InChI=1S/C14H15NO3/c1-2-17-14(16)11-5-3-10(4-6-11)13-8-7-12(9-15)18-13/h3-8H,2,9,15H2,1H3. The lowest BCUT2D eigenvalue weighted by atomic mass is 10.1. The molecule has 18 heavy (non-hydrogen) atoms. The summed E-state index contributed by atoms with van der Waals surface area (Å²) in [5, 5.41) is 0. The predicted molar refractivity (Wildman–Crippen MR) is 68.0 cm³/mol. The van der Waals surface area contributed by atoms with E-state index in [2.05, 4.69) is 0 Å². The summed E-state index contributed by atoms with van der Waals surface area (Å²) in [4.78, 5) is 11.5. The number of esters is 1. The maximum absolute atomic E-state index is 11.5. The van der Waals surface area contributed by atoms with Crippen molar-refractivity contribution >= 4 is 5.97 Å². The normalized spacial score (nSPS) is 10.3. The van der Waals surface area contributed by atoms with Gasteiger partial charge >= 0.3 is 5.97 Å². The van der Waals surface area contributed by atoms with Gasteiger partial charge in [0.1, 0.15) is 11.5 Å². The summed E-state index contributed by atoms with van der Waals surface area (Å²) < 4.78 is 10.4. The van der Waals surface area contributed by atoms with Gasteiger partial charge < -0.3 is 14.9 Å². The van der Waals surface area contributed by atoms with E-state index in [4.69, 9.17) is 14.9 Å². The monoisotopic (exact) mass is 245 g/mol. The second-order valence-electron chi connectivity index (χ2n) is 3.77. The maximum Gasteiger partial charge on any atom is 0.338 e. The number of furan rings is 1. The fourth-order valence-corrected chi connectivity index (χ4v) is 1.63. The molecule has 0 bridgehead atoms. The van der Waals surface area contributed by atoms with E-state index in [-0.39, 0.29) is 5.97 Å². The Morgan fingerprint density at radius 3 is 2.50 bits per heavy atom. The Morgan fingerprint density at radius 2 is 1.94 bits per heavy atom. The predicted octanol–water partition coefficient (Wildman–Crippen LogP) is 2.58. The highest BCUT2D eigenvalue weighted by Crippen LogP contribution is 2.22. The third-order valence-electron chi connectivity index (χ3n) is 2.54. The van der Waals surface area contributed by atoms with Crippen molar-refractivity contribution in [1.29, 1.82) is 0 Å². The zero-order valence-electron chi connectivity index (χ0n) is 10.2. The summed E-state index contributed by atoms with van der Waals surface area (Å²) in [6.45, 7) is 2.53. The summed E-state index contributed by atoms with van der Waals surface area (Å²) in [7, 11) is 0. The smallest absolute Gasteiger partial charge is 0.338 e. The van der Waals surface area contributed by atoms with Crippen LogP contribution in [0, 0.1) is 0 Å². The van der Waals surface area contributed by atoms with Crippen LogP contribution in [0.25, 0.3) is 11.3 Å². The van der Waals surface area contributed by atoms with E-state index in [0.717, 1.165) is 17.1 Å². The average molecular weight is 245 g/mol. The number of carbonyl (C=O) groups is 1. The average Bonchev–Trinajstić information content (AvgIpc) is 2.88. The Hall–Kier alpha value is -2.07. The molecule has 94 valence electrons. The molecule has 1 aromatic heterocycles. The molecule has 0 aliphatic carbocycles. The van der Waals surface area contributed by atoms with Crippen LogP contribution >= 0.6 is 0 Å². The number of nitrogens with two attached hydrogens (primary N) is 1. The first kappa shape index (κ1) is 12.4. The number of hydrogen-bond acceptors (Lipinski definition) is 4. The van der Waals surface area contributed by atoms with Crippen molar-refractivity contribution in [2.45, 2.75) is 13.5 Å². The van der Waals surface area contributed by atoms with Crippen LogP contribution in [0.3, 0.4) is 0 Å². The summed E-state index contributed by atoms with van der Waals surface area (Å²) >= 11 is 0. The van der Waals surface area contributed by atoms with Gasteiger partial charge in [0.25, 0.3) is 0 Å². The first-order chi connectivity index (χ1) is 8.74. The van der Waals surface area contributed by atoms with Gasteiger partial charge in [-0.2, -0.15) is 0 Å². The molecule has 0 aliphatic rings. The molecule has 4 heteroatoms. The molecule has 0 saturated carbocycles. The Balaban J connectivity index is 2.19. The van der Waals surface area contributed by atoms with Gasteiger partial charge in [0.05, 0.1) is 18.7 Å². The molecule has 0 fully saturated rings. The van der Waals surface area contributed by atoms with Crippen molar-refractivity contribution in [2.75, 3.05) is 6.61 Å². The van der Waals surface area contributed by atoms with Crippen LogP contribution < -0.4 is 5.73 Å². The van der Waals surface area contributed by atoms with E-state index in [1.165, 1.54) is 0 Å². The van der Waals surface area contributed by atoms with Crippen LogP contribution in [-0.2, 0) is 11.3 Å². The van der Waals surface area contributed by atoms with E-state index in [0.29, 0.717) is 18.7 Å². The lowest BCUT2D eigenvalue weighted by Crippen LogP contribution is -2.03. The molecule has 0 radical (unpaired) electrons. The molecule has 0 spiro atoms. The Labute approximate surface area is 105 Å². The highest BCUT2D eigenvalue weighted by Gasteiger charge is 2.08. The van der Waals surface area contributed by atoms with Gasteiger partial charge in [-0.3, -0.25) is 0 Å². The largest absolute Gasteiger partial charge is 0.462 e. The van der Waals surface area contributed by atoms with Gasteiger partial charge in [0, 0.05) is 5.56 Å². The minimum atomic E-state index is -0.314. The number of benzene rings is 1. The molecule has 1 heterocycles. The van der Waals surface area contributed by atoms with Crippen LogP contribution in [0.1, 0.15) is 23.0 Å². The van der Waals surface area contributed by atoms with Gasteiger partial charge in [0.2, 0.25) is 0 Å². The van der Waals surface area contributed by atoms with Gasteiger partial charge in [0.15, 0.2) is 0 Å². The number of rotatable bonds is 4. The van der Waals surface area contributed by atoms with Crippen LogP contribution in [0.2, 0.25) is 0 Å². The lowest BCUT2D eigenvalue weighted by Gasteiger charge is -2.02. The van der Waals surface area contributed by atoms with Gasteiger partial charge in [-0.1, -0.05) is 12.1 Å². The highest BCUT2D eigenvalue weighted by molar-refractivity contribution is 5.89. The second kappa shape index (κ2) is 5.51. The zero-order chi connectivity index (χ0) is 13.0. The van der Waals surface area contributed by atoms with Crippen molar-refractivity contribution < 1.29 is 13.9 Å². The lowest BCUT2D eigenvalue weighted by molar-refractivity contribution is 0.0526. The Morgan fingerprint density at radius 1 is 1.22 bits per heavy atom. The van der Waals surface area contributed by atoms with Gasteiger partial charge in [-0.15, -0.1) is 0 Å². The molecular formula is C14H15NO3. The number of ether oxygens (including phenoxy) is 1. The third kappa shape index (κ3) is 2.60. The van der Waals surface area contributed by atoms with E-state index in [1.807, 2.05) is 24.3 Å². The second-order valence-corrected chi connectivity index (χ2v) is 3.77. The van der Waals surface area contributed by atoms with Crippen LogP contribution in [0.4, 0.5) is 0 Å². The van der Waals surface area contributed by atoms with Crippen molar-refractivity contribution in [3.8, 4) is 11.3 Å². The Kier molecular flexibility index (Phi) is 3.79. The minimum Gasteiger partial charge on any atom is -0.462 e. The molecule has 0 unspecified atom stereocenters. The molecular weight excluding hydrogens is 230 g/mol. The minimum absolute atomic E-state index is 0.314. The van der Waals surface area contributed by atoms with Gasteiger partial charge in [-0.25, -0.2) is 4.79 Å². The summed E-state index contributed by atoms with van der Waals surface area (Å²) in [5.41, 5.74) is 6.92. The summed E-state index contributed by atoms with van der Waals surface area (Å²) in [5.74, 6) is 1.16. The third-order valence-corrected chi connectivity index (χ3v) is 2.54. The molecule has 0 saturated heterocycles. The summed E-state index contributed by atoms with van der Waals surface area (Å²) in [6, 6.07) is 10.8. The van der Waals surface area contributed by atoms with Crippen molar-refractivity contribution in [2.24, 2.45) is 5.73 Å². The number of carbonyl (C=O) groups excluding carboxylic acids is 1. The maximum atomic E-state index is 11.5. The molecule has 2 rings (SSSR count). The topological polar surface area (TPSA) is 65.5 Å². The van der Waals surface area contributed by atoms with E-state index in [9.17, 15) is 4.79 Å². The SMILES string of the molecule is CCOC(=O)c1ccc(-c2ccc(CN)o2)cc1. The van der Waals surface area contributed by atoms with Crippen LogP contribution in [0.15, 0.2) is 40.8 Å². The fraction of sp³-hybridized carbons (Fsp3) is 0.214. The van der Waals surface area contributed by atoms with Crippen molar-refractivity contribution in [3.63, 3.8) is 0 Å². The Bertz CT molecular complexity index is 528. The molecule has 2 N–H and O–H groups in total. The van der Waals surface area contributed by atoms with Crippen molar-refractivity contribution in [3.05, 3.63) is 47.7 Å². The highest BCUT2D eigenvalue weighted by atomic mass is 16.5. The fourth-order valence-electron chi connectivity index (χ4n) is 1.63. The van der Waals surface area contributed by atoms with Crippen molar-refractivity contribution in [1.82, 2.24) is 0 Å². The van der Waals surface area contributed by atoms with E-state index in [1.54, 1.807) is 19.1 Å². The van der Waals surface area contributed by atoms with E-state index < -0.39 is 0 Å². The molecule has 0 atom stereocenters. The molecule has 4 nitrogen and oxygen atoms in total. The van der Waals surface area contributed by atoms with Crippen LogP contribution in [0.5, 0.6) is 0 Å². The first-order valence-electron chi connectivity index (χ1n) is 5.81. The first-order valence-corrected chi connectivity index (χ1v) is 5.81. The molecule has 2 aromatic rings. The van der Waals surface area contributed by atoms with Crippen LogP contribution in [-0.4, -0.2) is 12.6 Å². The molecule has 1 aromatic carbocycles. The summed E-state index contributed by atoms with van der Waals surface area (Å²) in [6.07, 6.45) is 0. The van der Waals surface area contributed by atoms with Gasteiger partial charge in [-0.05, 0) is 31.2 Å². The number of hydrogen-bond donors (Lipinski definition) is 1. The zero-order valence-corrected chi connectivity index (χ0v) is 10.2. The molecule has 0 amide bonds. The van der Waals surface area contributed by atoms with E-state index >= 15 is 0 Å². The quantitative estimate of drug-likeness (QED) is 0.841.